The number of carbonyl (C=O) groups is 1. The number of carbonyl (C=O) groups excluding carboxylic acids is 1. The molecule has 21 heavy (non-hydrogen) atoms. The molecule has 1 aliphatic heterocycles. The number of fused-ring (bicyclic) bond motifs is 1. The lowest BCUT2D eigenvalue weighted by atomic mass is 10.2. The van der Waals surface area contributed by atoms with Crippen LogP contribution >= 0.6 is 11.3 Å². The second-order valence-corrected chi connectivity index (χ2v) is 6.26. The molecule has 0 radical (unpaired) electrons. The second-order valence-electron chi connectivity index (χ2n) is 5.14. The van der Waals surface area contributed by atoms with Crippen LogP contribution in [0.25, 0.3) is 10.2 Å². The van der Waals surface area contributed by atoms with Gasteiger partial charge in [0.2, 0.25) is 11.9 Å². The summed E-state index contributed by atoms with van der Waals surface area (Å²) in [6.07, 6.45) is 0.983. The Labute approximate surface area is 127 Å². The minimum atomic E-state index is 0.130. The van der Waals surface area contributed by atoms with Crippen molar-refractivity contribution in [2.45, 2.75) is 13.3 Å². The number of anilines is 2. The number of hydrogen-bond acceptors (Lipinski definition) is 6. The number of thiophene rings is 1. The average Bonchev–Trinajstić information content (AvgIpc) is 2.92. The van der Waals surface area contributed by atoms with Crippen LogP contribution in [0.2, 0.25) is 0 Å². The first-order valence-electron chi connectivity index (χ1n) is 7.09. The highest BCUT2D eigenvalue weighted by Crippen LogP contribution is 2.32. The topological polar surface area (TPSA) is 61.4 Å². The summed E-state index contributed by atoms with van der Waals surface area (Å²) < 4.78 is 0. The fraction of sp³-hybridized carbons (Fsp3) is 0.500. The third-order valence-corrected chi connectivity index (χ3v) is 4.93. The molecule has 1 aliphatic rings. The molecule has 0 aromatic carbocycles. The van der Waals surface area contributed by atoms with Gasteiger partial charge in [0.05, 0.1) is 11.9 Å². The van der Waals surface area contributed by atoms with Crippen molar-refractivity contribution in [3.63, 3.8) is 0 Å². The minimum absolute atomic E-state index is 0.130. The van der Waals surface area contributed by atoms with E-state index in [-0.39, 0.29) is 5.91 Å². The van der Waals surface area contributed by atoms with Gasteiger partial charge in [0.15, 0.2) is 0 Å². The van der Waals surface area contributed by atoms with E-state index >= 15 is 0 Å². The molecule has 0 spiro atoms. The van der Waals surface area contributed by atoms with Crippen molar-refractivity contribution in [1.29, 1.82) is 0 Å². The van der Waals surface area contributed by atoms with E-state index in [2.05, 4.69) is 33.2 Å². The van der Waals surface area contributed by atoms with E-state index in [0.29, 0.717) is 12.5 Å². The molecule has 3 heterocycles. The second kappa shape index (κ2) is 5.48. The average molecular weight is 305 g/mol. The van der Waals surface area contributed by atoms with E-state index in [0.717, 1.165) is 35.5 Å². The Kier molecular flexibility index (Phi) is 3.67. The molecule has 1 N–H and O–H groups in total. The first kappa shape index (κ1) is 14.1. The van der Waals surface area contributed by atoms with Crippen molar-refractivity contribution >= 4 is 39.2 Å². The predicted octanol–water partition coefficient (Wildman–Crippen LogP) is 1.57. The van der Waals surface area contributed by atoms with Crippen LogP contribution in [0.15, 0.2) is 6.07 Å². The van der Waals surface area contributed by atoms with E-state index in [9.17, 15) is 4.79 Å². The number of nitrogens with one attached hydrogen (secondary N) is 1. The van der Waals surface area contributed by atoms with Gasteiger partial charge in [0.25, 0.3) is 0 Å². The Balaban J connectivity index is 2.07. The minimum Gasteiger partial charge on any atom is -0.357 e. The van der Waals surface area contributed by atoms with Gasteiger partial charge < -0.3 is 15.1 Å². The zero-order valence-electron chi connectivity index (χ0n) is 12.5. The molecule has 2 aromatic rings. The number of hydrogen-bond donors (Lipinski definition) is 1. The molecule has 2 aromatic heterocycles. The molecule has 1 saturated heterocycles. The standard InChI is InChI=1S/C14H19N5OS/c1-4-9-7-10-12(16-14(15-2)17-13(10)21-9)19-6-5-18(3)11(20)8-19/h7H,4-6,8H2,1-3H3,(H,15,16,17). The van der Waals surface area contributed by atoms with E-state index in [1.807, 2.05) is 14.1 Å². The van der Waals surface area contributed by atoms with E-state index in [1.165, 1.54) is 4.88 Å². The summed E-state index contributed by atoms with van der Waals surface area (Å²) in [5.41, 5.74) is 0. The smallest absolute Gasteiger partial charge is 0.241 e. The maximum absolute atomic E-state index is 12.0. The fourth-order valence-corrected chi connectivity index (χ4v) is 3.38. The van der Waals surface area contributed by atoms with Crippen LogP contribution in [0.1, 0.15) is 11.8 Å². The van der Waals surface area contributed by atoms with Crippen molar-refractivity contribution in [2.75, 3.05) is 43.9 Å². The van der Waals surface area contributed by atoms with E-state index in [1.54, 1.807) is 16.2 Å². The molecule has 0 bridgehead atoms. The molecule has 3 rings (SSSR count). The number of aryl methyl sites for hydroxylation is 1. The molecular formula is C14H19N5OS. The number of nitrogens with zero attached hydrogens (tertiary/aromatic N) is 4. The van der Waals surface area contributed by atoms with Crippen LogP contribution < -0.4 is 10.2 Å². The van der Waals surface area contributed by atoms with Crippen molar-refractivity contribution in [3.8, 4) is 0 Å². The highest BCUT2D eigenvalue weighted by atomic mass is 32.1. The normalized spacial score (nSPS) is 15.9. The van der Waals surface area contributed by atoms with Crippen molar-refractivity contribution < 1.29 is 4.79 Å². The van der Waals surface area contributed by atoms with Crippen LogP contribution in [0, 0.1) is 0 Å². The first-order chi connectivity index (χ1) is 10.1. The molecule has 0 atom stereocenters. The summed E-state index contributed by atoms with van der Waals surface area (Å²) >= 11 is 1.69. The number of rotatable bonds is 3. The Bertz CT molecular complexity index is 683. The zero-order chi connectivity index (χ0) is 15.0. The number of piperazine rings is 1. The predicted molar refractivity (Wildman–Crippen MR) is 86.2 cm³/mol. The van der Waals surface area contributed by atoms with Gasteiger partial charge >= 0.3 is 0 Å². The van der Waals surface area contributed by atoms with Gasteiger partial charge in [-0.2, -0.15) is 4.98 Å². The number of amides is 1. The van der Waals surface area contributed by atoms with Gasteiger partial charge in [0, 0.05) is 32.1 Å². The summed E-state index contributed by atoms with van der Waals surface area (Å²) in [5.74, 6) is 1.60. The monoisotopic (exact) mass is 305 g/mol. The summed E-state index contributed by atoms with van der Waals surface area (Å²) in [5, 5.41) is 4.06. The Morgan fingerprint density at radius 1 is 1.38 bits per heavy atom. The molecule has 7 heteroatoms. The van der Waals surface area contributed by atoms with Gasteiger partial charge in [-0.3, -0.25) is 4.79 Å². The van der Waals surface area contributed by atoms with Gasteiger partial charge in [-0.05, 0) is 12.5 Å². The number of aromatic nitrogens is 2. The van der Waals surface area contributed by atoms with Gasteiger partial charge in [0.1, 0.15) is 10.6 Å². The summed E-state index contributed by atoms with van der Waals surface area (Å²) in [4.78, 5) is 27.2. The molecule has 0 unspecified atom stereocenters. The largest absolute Gasteiger partial charge is 0.357 e. The van der Waals surface area contributed by atoms with Crippen LogP contribution in [0.5, 0.6) is 0 Å². The zero-order valence-corrected chi connectivity index (χ0v) is 13.3. The molecule has 1 amide bonds. The van der Waals surface area contributed by atoms with Gasteiger partial charge in [-0.15, -0.1) is 11.3 Å². The highest BCUT2D eigenvalue weighted by Gasteiger charge is 2.24. The Morgan fingerprint density at radius 3 is 2.86 bits per heavy atom. The molecular weight excluding hydrogens is 286 g/mol. The highest BCUT2D eigenvalue weighted by molar-refractivity contribution is 7.18. The third kappa shape index (κ3) is 2.53. The summed E-state index contributed by atoms with van der Waals surface area (Å²) in [6.45, 7) is 4.04. The summed E-state index contributed by atoms with van der Waals surface area (Å²) in [6, 6.07) is 2.15. The lowest BCUT2D eigenvalue weighted by Crippen LogP contribution is -2.48. The molecule has 6 nitrogen and oxygen atoms in total. The molecule has 0 aliphatic carbocycles. The van der Waals surface area contributed by atoms with E-state index < -0.39 is 0 Å². The van der Waals surface area contributed by atoms with Gasteiger partial charge in [-0.25, -0.2) is 4.98 Å². The maximum Gasteiger partial charge on any atom is 0.241 e. The fourth-order valence-electron chi connectivity index (χ4n) is 2.42. The molecule has 1 fully saturated rings. The maximum atomic E-state index is 12.0. The van der Waals surface area contributed by atoms with E-state index in [4.69, 9.17) is 0 Å². The number of likely N-dealkylation sites (N-methyl/N-ethyl adjacent to an activating group) is 1. The summed E-state index contributed by atoms with van der Waals surface area (Å²) in [7, 11) is 3.66. The third-order valence-electron chi connectivity index (χ3n) is 3.75. The van der Waals surface area contributed by atoms with Crippen molar-refractivity contribution in [3.05, 3.63) is 10.9 Å². The van der Waals surface area contributed by atoms with Crippen LogP contribution in [-0.4, -0.2) is 54.5 Å². The van der Waals surface area contributed by atoms with Gasteiger partial charge in [-0.1, -0.05) is 6.92 Å². The lowest BCUT2D eigenvalue weighted by molar-refractivity contribution is -0.129. The quantitative estimate of drug-likeness (QED) is 0.933. The molecule has 112 valence electrons. The van der Waals surface area contributed by atoms with Crippen molar-refractivity contribution in [1.82, 2.24) is 14.9 Å². The van der Waals surface area contributed by atoms with Crippen molar-refractivity contribution in [2.24, 2.45) is 0 Å². The lowest BCUT2D eigenvalue weighted by Gasteiger charge is -2.33. The van der Waals surface area contributed by atoms with Crippen LogP contribution in [-0.2, 0) is 11.2 Å². The SMILES string of the molecule is CCc1cc2c(N3CCN(C)C(=O)C3)nc(NC)nc2s1. The molecule has 0 saturated carbocycles. The Morgan fingerprint density at radius 2 is 2.19 bits per heavy atom. The van der Waals surface area contributed by atoms with Crippen LogP contribution in [0.3, 0.4) is 0 Å². The van der Waals surface area contributed by atoms with Crippen LogP contribution in [0.4, 0.5) is 11.8 Å². The first-order valence-corrected chi connectivity index (χ1v) is 7.91. The Hall–Kier alpha value is -1.89.